The largest absolute Gasteiger partial charge is 0.494 e. The maximum atomic E-state index is 5.61. The predicted octanol–water partition coefficient (Wildman–Crippen LogP) is 3.01. The molecule has 1 aromatic carbocycles. The van der Waals surface area contributed by atoms with Crippen LogP contribution in [-0.4, -0.2) is 25.0 Å². The topological polar surface area (TPSA) is 44.5 Å². The molecule has 19 heavy (non-hydrogen) atoms. The Morgan fingerprint density at radius 3 is 2.63 bits per heavy atom. The summed E-state index contributed by atoms with van der Waals surface area (Å²) < 4.78 is 15.9. The van der Waals surface area contributed by atoms with Crippen LogP contribution in [0, 0.1) is 6.92 Å². The molecular weight excluding hydrogens is 242 g/mol. The summed E-state index contributed by atoms with van der Waals surface area (Å²) in [5.41, 5.74) is 2.17. The lowest BCUT2D eigenvalue weighted by molar-refractivity contribution is 0.121. The van der Waals surface area contributed by atoms with Gasteiger partial charge < -0.3 is 14.0 Å². The first-order chi connectivity index (χ1) is 9.34. The molecule has 0 spiro atoms. The van der Waals surface area contributed by atoms with E-state index in [4.69, 9.17) is 14.0 Å². The van der Waals surface area contributed by atoms with Crippen LogP contribution in [0.25, 0.3) is 0 Å². The van der Waals surface area contributed by atoms with Gasteiger partial charge in [-0.15, -0.1) is 0 Å². The van der Waals surface area contributed by atoms with Gasteiger partial charge in [-0.3, -0.25) is 0 Å². The average molecular weight is 261 g/mol. The van der Waals surface area contributed by atoms with Crippen molar-refractivity contribution in [2.45, 2.75) is 19.8 Å². The van der Waals surface area contributed by atoms with Crippen LogP contribution in [0.2, 0.25) is 0 Å². The van der Waals surface area contributed by atoms with E-state index in [1.54, 1.807) is 6.26 Å². The molecule has 0 fully saturated rings. The van der Waals surface area contributed by atoms with Crippen LogP contribution in [0.4, 0.5) is 0 Å². The van der Waals surface area contributed by atoms with Gasteiger partial charge in [0.1, 0.15) is 12.0 Å². The minimum absolute atomic E-state index is 0.664. The van der Waals surface area contributed by atoms with Crippen molar-refractivity contribution < 1.29 is 14.0 Å². The van der Waals surface area contributed by atoms with Crippen LogP contribution in [0.5, 0.6) is 5.75 Å². The number of rotatable bonds is 8. The van der Waals surface area contributed by atoms with E-state index in [2.05, 4.69) is 12.1 Å². The summed E-state index contributed by atoms with van der Waals surface area (Å²) >= 11 is 0. The second kappa shape index (κ2) is 7.59. The molecule has 0 N–H and O–H groups in total. The van der Waals surface area contributed by atoms with Crippen LogP contribution in [0.3, 0.4) is 0 Å². The highest BCUT2D eigenvalue weighted by Gasteiger charge is 1.97. The van der Waals surface area contributed by atoms with Crippen molar-refractivity contribution >= 4 is 0 Å². The van der Waals surface area contributed by atoms with Crippen molar-refractivity contribution in [2.24, 2.45) is 0 Å². The molecule has 0 amide bonds. The van der Waals surface area contributed by atoms with Crippen LogP contribution in [-0.2, 0) is 11.2 Å². The predicted molar refractivity (Wildman–Crippen MR) is 72.3 cm³/mol. The third-order valence-electron chi connectivity index (χ3n) is 2.72. The zero-order valence-electron chi connectivity index (χ0n) is 11.2. The summed E-state index contributed by atoms with van der Waals surface area (Å²) in [6.07, 6.45) is 3.24. The number of hydrogen-bond donors (Lipinski definition) is 0. The van der Waals surface area contributed by atoms with Gasteiger partial charge in [-0.1, -0.05) is 22.9 Å². The van der Waals surface area contributed by atoms with Crippen molar-refractivity contribution in [3.8, 4) is 5.75 Å². The number of nitrogens with zero attached hydrogens (tertiary/aromatic N) is 1. The van der Waals surface area contributed by atoms with Gasteiger partial charge in [-0.05, 0) is 19.1 Å². The normalized spacial score (nSPS) is 10.6. The molecule has 1 aromatic heterocycles. The van der Waals surface area contributed by atoms with Crippen LogP contribution in [0.15, 0.2) is 41.1 Å². The maximum Gasteiger partial charge on any atom is 0.124 e. The molecule has 102 valence electrons. The standard InChI is InChI=1S/C15H19NO3/c1-13-3-5-15(6-4-13)18-10-2-9-17-11-7-14-8-12-19-16-14/h3-6,8,12H,2,7,9-11H2,1H3. The summed E-state index contributed by atoms with van der Waals surface area (Å²) in [6.45, 7) is 4.10. The van der Waals surface area contributed by atoms with Gasteiger partial charge >= 0.3 is 0 Å². The highest BCUT2D eigenvalue weighted by molar-refractivity contribution is 5.26. The zero-order valence-corrected chi connectivity index (χ0v) is 11.2. The lowest BCUT2D eigenvalue weighted by atomic mass is 10.2. The number of ether oxygens (including phenoxy) is 2. The summed E-state index contributed by atoms with van der Waals surface area (Å²) in [5, 5.41) is 3.82. The van der Waals surface area contributed by atoms with Gasteiger partial charge in [0.05, 0.1) is 18.9 Å². The number of hydrogen-bond acceptors (Lipinski definition) is 4. The molecule has 0 aliphatic heterocycles. The van der Waals surface area contributed by atoms with E-state index in [0.29, 0.717) is 19.8 Å². The first kappa shape index (κ1) is 13.6. The second-order valence-electron chi connectivity index (χ2n) is 4.37. The Bertz CT molecular complexity index is 451. The molecule has 0 atom stereocenters. The Balaban J connectivity index is 1.49. The zero-order chi connectivity index (χ0) is 13.3. The fourth-order valence-corrected chi connectivity index (χ4v) is 1.63. The van der Waals surface area contributed by atoms with E-state index in [9.17, 15) is 0 Å². The first-order valence-corrected chi connectivity index (χ1v) is 6.51. The van der Waals surface area contributed by atoms with Crippen molar-refractivity contribution in [3.63, 3.8) is 0 Å². The monoisotopic (exact) mass is 261 g/mol. The first-order valence-electron chi connectivity index (χ1n) is 6.51. The number of benzene rings is 1. The van der Waals surface area contributed by atoms with E-state index in [1.165, 1.54) is 5.56 Å². The molecule has 0 bridgehead atoms. The Morgan fingerprint density at radius 1 is 1.05 bits per heavy atom. The molecule has 4 heteroatoms. The second-order valence-corrected chi connectivity index (χ2v) is 4.37. The number of aryl methyl sites for hydroxylation is 1. The highest BCUT2D eigenvalue weighted by atomic mass is 16.5. The van der Waals surface area contributed by atoms with Gasteiger partial charge in [-0.2, -0.15) is 0 Å². The molecule has 0 saturated heterocycles. The van der Waals surface area contributed by atoms with Gasteiger partial charge in [0.25, 0.3) is 0 Å². The summed E-state index contributed by atoms with van der Waals surface area (Å²) in [4.78, 5) is 0. The fourth-order valence-electron chi connectivity index (χ4n) is 1.63. The third-order valence-corrected chi connectivity index (χ3v) is 2.72. The minimum Gasteiger partial charge on any atom is -0.494 e. The molecule has 4 nitrogen and oxygen atoms in total. The Kier molecular flexibility index (Phi) is 5.44. The summed E-state index contributed by atoms with van der Waals surface area (Å²) in [7, 11) is 0. The Labute approximate surface area is 113 Å². The third kappa shape index (κ3) is 5.14. The van der Waals surface area contributed by atoms with Crippen LogP contribution < -0.4 is 4.74 Å². The van der Waals surface area contributed by atoms with E-state index >= 15 is 0 Å². The van der Waals surface area contributed by atoms with Crippen molar-refractivity contribution in [1.29, 1.82) is 0 Å². The SMILES string of the molecule is Cc1ccc(OCCCOCCc2ccon2)cc1. The highest BCUT2D eigenvalue weighted by Crippen LogP contribution is 2.11. The summed E-state index contributed by atoms with van der Waals surface area (Å²) in [5.74, 6) is 0.910. The van der Waals surface area contributed by atoms with Gasteiger partial charge in [-0.25, -0.2) is 0 Å². The molecule has 2 aromatic rings. The maximum absolute atomic E-state index is 5.61. The number of aromatic nitrogens is 1. The minimum atomic E-state index is 0.664. The molecule has 0 aliphatic rings. The smallest absolute Gasteiger partial charge is 0.124 e. The molecule has 0 radical (unpaired) electrons. The summed E-state index contributed by atoms with van der Waals surface area (Å²) in [6, 6.07) is 9.92. The lowest BCUT2D eigenvalue weighted by Gasteiger charge is -2.06. The van der Waals surface area contributed by atoms with E-state index in [0.717, 1.165) is 24.3 Å². The van der Waals surface area contributed by atoms with Gasteiger partial charge in [0, 0.05) is 25.5 Å². The van der Waals surface area contributed by atoms with Crippen molar-refractivity contribution in [3.05, 3.63) is 47.9 Å². The van der Waals surface area contributed by atoms with Crippen molar-refractivity contribution in [1.82, 2.24) is 5.16 Å². The molecule has 0 saturated carbocycles. The fraction of sp³-hybridized carbons (Fsp3) is 0.400. The van der Waals surface area contributed by atoms with E-state index < -0.39 is 0 Å². The van der Waals surface area contributed by atoms with E-state index in [-0.39, 0.29) is 0 Å². The molecule has 1 heterocycles. The lowest BCUT2D eigenvalue weighted by Crippen LogP contribution is -2.05. The van der Waals surface area contributed by atoms with Gasteiger partial charge in [0.2, 0.25) is 0 Å². The van der Waals surface area contributed by atoms with E-state index in [1.807, 2.05) is 30.3 Å². The van der Waals surface area contributed by atoms with Crippen LogP contribution in [0.1, 0.15) is 17.7 Å². The van der Waals surface area contributed by atoms with Gasteiger partial charge in [0.15, 0.2) is 0 Å². The average Bonchev–Trinajstić information content (AvgIpc) is 2.93. The molecule has 0 unspecified atom stereocenters. The Hall–Kier alpha value is -1.81. The Morgan fingerprint density at radius 2 is 1.89 bits per heavy atom. The molecular formula is C15H19NO3. The van der Waals surface area contributed by atoms with Crippen molar-refractivity contribution in [2.75, 3.05) is 19.8 Å². The quantitative estimate of drug-likeness (QED) is 0.685. The molecule has 2 rings (SSSR count). The van der Waals surface area contributed by atoms with Crippen LogP contribution >= 0.6 is 0 Å². The molecule has 0 aliphatic carbocycles.